The Balaban J connectivity index is 2.43. The van der Waals surface area contributed by atoms with Crippen molar-refractivity contribution in [3.8, 4) is 6.07 Å². The van der Waals surface area contributed by atoms with Crippen LogP contribution in [0, 0.1) is 39.0 Å². The summed E-state index contributed by atoms with van der Waals surface area (Å²) in [7, 11) is 0. The third kappa shape index (κ3) is 2.69. The third-order valence-electron chi connectivity index (χ3n) is 3.85. The fourth-order valence-corrected chi connectivity index (χ4v) is 2.48. The maximum absolute atomic E-state index is 9.28. The van der Waals surface area contributed by atoms with Crippen LogP contribution in [0.25, 0.3) is 0 Å². The summed E-state index contributed by atoms with van der Waals surface area (Å²) in [5.74, 6) is 0. The lowest BCUT2D eigenvalue weighted by Gasteiger charge is -2.11. The van der Waals surface area contributed by atoms with Gasteiger partial charge in [0.1, 0.15) is 0 Å². The second-order valence-electron chi connectivity index (χ2n) is 5.25. The summed E-state index contributed by atoms with van der Waals surface area (Å²) in [4.78, 5) is 0. The van der Waals surface area contributed by atoms with Gasteiger partial charge in [0.2, 0.25) is 0 Å². The Hall–Kier alpha value is -2.07. The van der Waals surface area contributed by atoms with Gasteiger partial charge in [0, 0.05) is 0 Å². The molecule has 0 unspecified atom stereocenters. The minimum absolute atomic E-state index is 0.818. The van der Waals surface area contributed by atoms with E-state index in [-0.39, 0.29) is 0 Å². The van der Waals surface area contributed by atoms with Gasteiger partial charge in [-0.25, -0.2) is 0 Å². The molecule has 0 saturated heterocycles. The van der Waals surface area contributed by atoms with Crippen LogP contribution >= 0.6 is 0 Å². The van der Waals surface area contributed by atoms with Crippen LogP contribution in [-0.4, -0.2) is 0 Å². The van der Waals surface area contributed by atoms with Crippen LogP contribution in [0.15, 0.2) is 30.3 Å². The normalized spacial score (nSPS) is 10.3. The molecule has 0 aromatic heterocycles. The first kappa shape index (κ1) is 13.4. The van der Waals surface area contributed by atoms with Gasteiger partial charge in [0.05, 0.1) is 11.6 Å². The average molecular weight is 249 g/mol. The van der Waals surface area contributed by atoms with Gasteiger partial charge in [-0.15, -0.1) is 0 Å². The maximum atomic E-state index is 9.28. The molecule has 0 radical (unpaired) electrons. The smallest absolute Gasteiger partial charge is 0.0997 e. The molecule has 2 rings (SSSR count). The zero-order valence-corrected chi connectivity index (χ0v) is 12.0. The van der Waals surface area contributed by atoms with E-state index in [4.69, 9.17) is 0 Å². The summed E-state index contributed by atoms with van der Waals surface area (Å²) in [6.07, 6.45) is 0.826. The molecule has 1 nitrogen and oxygen atoms in total. The van der Waals surface area contributed by atoms with Gasteiger partial charge in [-0.05, 0) is 67.5 Å². The molecule has 0 saturated carbocycles. The molecule has 0 aliphatic heterocycles. The predicted octanol–water partition coefficient (Wildman–Crippen LogP) is 4.38. The maximum Gasteiger partial charge on any atom is 0.0997 e. The van der Waals surface area contributed by atoms with Crippen LogP contribution in [-0.2, 0) is 6.42 Å². The fraction of sp³-hybridized carbons (Fsp3) is 0.278. The standard InChI is InChI=1S/C18H19N/c1-12-6-5-7-17(18(12)11-19)10-16-8-13(2)15(4)14(3)9-16/h5-9H,10H2,1-4H3. The van der Waals surface area contributed by atoms with Crippen LogP contribution in [0.3, 0.4) is 0 Å². The van der Waals surface area contributed by atoms with Crippen molar-refractivity contribution in [2.45, 2.75) is 34.1 Å². The van der Waals surface area contributed by atoms with E-state index in [9.17, 15) is 5.26 Å². The van der Waals surface area contributed by atoms with Crippen LogP contribution in [0.4, 0.5) is 0 Å². The molecule has 96 valence electrons. The van der Waals surface area contributed by atoms with E-state index < -0.39 is 0 Å². The minimum Gasteiger partial charge on any atom is -0.192 e. The van der Waals surface area contributed by atoms with Crippen molar-refractivity contribution < 1.29 is 0 Å². The number of aryl methyl sites for hydroxylation is 3. The lowest BCUT2D eigenvalue weighted by atomic mass is 9.93. The summed E-state index contributed by atoms with van der Waals surface area (Å²) < 4.78 is 0. The lowest BCUT2D eigenvalue weighted by Crippen LogP contribution is -1.97. The van der Waals surface area contributed by atoms with Crippen LogP contribution in [0.5, 0.6) is 0 Å². The number of hydrogen-bond acceptors (Lipinski definition) is 1. The molecule has 1 heteroatoms. The van der Waals surface area contributed by atoms with Gasteiger partial charge in [-0.2, -0.15) is 5.26 Å². The quantitative estimate of drug-likeness (QED) is 0.774. The van der Waals surface area contributed by atoms with Crippen molar-refractivity contribution in [2.75, 3.05) is 0 Å². The monoisotopic (exact) mass is 249 g/mol. The topological polar surface area (TPSA) is 23.8 Å². The second-order valence-corrected chi connectivity index (χ2v) is 5.25. The molecule has 0 aliphatic carbocycles. The van der Waals surface area contributed by atoms with E-state index in [0.29, 0.717) is 0 Å². The molecule has 0 bridgehead atoms. The van der Waals surface area contributed by atoms with Crippen LogP contribution < -0.4 is 0 Å². The first-order valence-corrected chi connectivity index (χ1v) is 6.58. The van der Waals surface area contributed by atoms with E-state index in [1.165, 1.54) is 22.3 Å². The number of hydrogen-bond donors (Lipinski definition) is 0. The number of rotatable bonds is 2. The van der Waals surface area contributed by atoms with Crippen molar-refractivity contribution in [3.05, 3.63) is 69.3 Å². The molecule has 0 N–H and O–H groups in total. The first-order chi connectivity index (χ1) is 9.02. The largest absolute Gasteiger partial charge is 0.192 e. The lowest BCUT2D eigenvalue weighted by molar-refractivity contribution is 1.13. The molecular formula is C18H19N. The van der Waals surface area contributed by atoms with Crippen molar-refractivity contribution in [3.63, 3.8) is 0 Å². The van der Waals surface area contributed by atoms with Crippen molar-refractivity contribution >= 4 is 0 Å². The third-order valence-corrected chi connectivity index (χ3v) is 3.85. The SMILES string of the molecule is Cc1cc(Cc2cccc(C)c2C#N)cc(C)c1C. The van der Waals surface area contributed by atoms with E-state index in [0.717, 1.165) is 23.1 Å². The zero-order chi connectivity index (χ0) is 14.0. The highest BCUT2D eigenvalue weighted by Gasteiger charge is 2.07. The number of benzene rings is 2. The molecule has 0 aliphatic rings. The molecule has 0 amide bonds. The van der Waals surface area contributed by atoms with Crippen molar-refractivity contribution in [2.24, 2.45) is 0 Å². The Morgan fingerprint density at radius 1 is 0.947 bits per heavy atom. The van der Waals surface area contributed by atoms with Gasteiger partial charge in [-0.1, -0.05) is 30.3 Å². The highest BCUT2D eigenvalue weighted by atomic mass is 14.3. The molecule has 0 fully saturated rings. The van der Waals surface area contributed by atoms with Gasteiger partial charge in [0.25, 0.3) is 0 Å². The van der Waals surface area contributed by atoms with Crippen LogP contribution in [0.1, 0.15) is 38.9 Å². The minimum atomic E-state index is 0.818. The fourth-order valence-electron chi connectivity index (χ4n) is 2.48. The Bertz CT molecular complexity index is 637. The number of nitrogens with zero attached hydrogens (tertiary/aromatic N) is 1. The molecular weight excluding hydrogens is 230 g/mol. The summed E-state index contributed by atoms with van der Waals surface area (Å²) in [6, 6.07) is 12.9. The summed E-state index contributed by atoms with van der Waals surface area (Å²) in [5.41, 5.74) is 8.27. The van der Waals surface area contributed by atoms with Gasteiger partial charge >= 0.3 is 0 Å². The molecule has 0 spiro atoms. The van der Waals surface area contributed by atoms with E-state index in [2.05, 4.69) is 45.0 Å². The van der Waals surface area contributed by atoms with Gasteiger partial charge in [0.15, 0.2) is 0 Å². The van der Waals surface area contributed by atoms with E-state index >= 15 is 0 Å². The van der Waals surface area contributed by atoms with Crippen molar-refractivity contribution in [1.82, 2.24) is 0 Å². The summed E-state index contributed by atoms with van der Waals surface area (Å²) in [6.45, 7) is 8.44. The zero-order valence-electron chi connectivity index (χ0n) is 12.0. The summed E-state index contributed by atoms with van der Waals surface area (Å²) >= 11 is 0. The van der Waals surface area contributed by atoms with Gasteiger partial charge in [-0.3, -0.25) is 0 Å². The molecule has 19 heavy (non-hydrogen) atoms. The Morgan fingerprint density at radius 3 is 2.16 bits per heavy atom. The second kappa shape index (κ2) is 5.28. The van der Waals surface area contributed by atoms with Gasteiger partial charge < -0.3 is 0 Å². The number of nitriles is 1. The highest BCUT2D eigenvalue weighted by molar-refractivity contribution is 5.47. The van der Waals surface area contributed by atoms with E-state index in [1.54, 1.807) is 0 Å². The Kier molecular flexibility index (Phi) is 3.71. The van der Waals surface area contributed by atoms with E-state index in [1.807, 2.05) is 19.1 Å². The van der Waals surface area contributed by atoms with Crippen LogP contribution in [0.2, 0.25) is 0 Å². The molecule has 2 aromatic carbocycles. The highest BCUT2D eigenvalue weighted by Crippen LogP contribution is 2.21. The summed E-state index contributed by atoms with van der Waals surface area (Å²) in [5, 5.41) is 9.28. The predicted molar refractivity (Wildman–Crippen MR) is 79.4 cm³/mol. The Morgan fingerprint density at radius 2 is 1.58 bits per heavy atom. The van der Waals surface area contributed by atoms with Crippen molar-refractivity contribution in [1.29, 1.82) is 5.26 Å². The molecule has 0 heterocycles. The molecule has 0 atom stereocenters. The first-order valence-electron chi connectivity index (χ1n) is 6.58. The Labute approximate surface area is 115 Å². The molecule has 2 aromatic rings. The average Bonchev–Trinajstić information content (AvgIpc) is 2.36.